The molecule has 27 heavy (non-hydrogen) atoms. The number of para-hydroxylation sites is 1. The average Bonchev–Trinajstić information content (AvgIpc) is 2.65. The first-order valence-corrected chi connectivity index (χ1v) is 7.95. The molecule has 2 N–H and O–H groups in total. The molecule has 138 valence electrons. The van der Waals surface area contributed by atoms with Crippen LogP contribution in [0.15, 0.2) is 72.9 Å². The van der Waals surface area contributed by atoms with Crippen molar-refractivity contribution in [2.75, 3.05) is 10.6 Å². The van der Waals surface area contributed by atoms with Crippen LogP contribution in [0, 0.1) is 5.82 Å². The molecule has 0 aliphatic heterocycles. The van der Waals surface area contributed by atoms with E-state index in [-0.39, 0.29) is 25.0 Å². The number of ketones is 1. The quantitative estimate of drug-likeness (QED) is 0.447. The lowest BCUT2D eigenvalue weighted by molar-refractivity contribution is 0.103. The van der Waals surface area contributed by atoms with E-state index in [0.717, 1.165) is 11.9 Å². The summed E-state index contributed by atoms with van der Waals surface area (Å²) in [5, 5.41) is 5.90. The highest BCUT2D eigenvalue weighted by molar-refractivity contribution is 6.08. The monoisotopic (exact) mass is 364 g/mol. The molecule has 0 bridgehead atoms. The van der Waals surface area contributed by atoms with Crippen molar-refractivity contribution in [1.82, 2.24) is 9.97 Å². The number of anilines is 4. The standard InChI is InChI=1S/C20H17FN4O.CH4/c1-13(2)18(26)14-8-10-16(11-9-14)23-19-17(21)12-22-20(25-19)24-15-6-4-3-5-7-15;/h3-12H,1H2,2H3,(H2,22,23,24,25);1H4. The molecular weight excluding hydrogens is 343 g/mol. The number of allylic oxidation sites excluding steroid dienone is 1. The second-order valence-corrected chi connectivity index (χ2v) is 5.69. The van der Waals surface area contributed by atoms with E-state index in [0.29, 0.717) is 16.8 Å². The van der Waals surface area contributed by atoms with E-state index in [1.165, 1.54) is 0 Å². The Morgan fingerprint density at radius 3 is 2.26 bits per heavy atom. The molecule has 0 saturated heterocycles. The first kappa shape index (κ1) is 19.8. The van der Waals surface area contributed by atoms with Crippen LogP contribution in [0.3, 0.4) is 0 Å². The Bertz CT molecular complexity index is 940. The molecule has 5 nitrogen and oxygen atoms in total. The number of hydrogen-bond donors (Lipinski definition) is 2. The third kappa shape index (κ3) is 4.98. The van der Waals surface area contributed by atoms with Crippen LogP contribution >= 0.6 is 0 Å². The predicted octanol–water partition coefficient (Wildman–Crippen LogP) is 5.50. The van der Waals surface area contributed by atoms with Crippen LogP contribution in [0.25, 0.3) is 0 Å². The molecule has 0 unspecified atom stereocenters. The van der Waals surface area contributed by atoms with Gasteiger partial charge in [-0.3, -0.25) is 4.79 Å². The molecule has 6 heteroatoms. The topological polar surface area (TPSA) is 66.9 Å². The lowest BCUT2D eigenvalue weighted by atomic mass is 10.1. The van der Waals surface area contributed by atoms with Gasteiger partial charge >= 0.3 is 0 Å². The number of nitrogens with zero attached hydrogens (tertiary/aromatic N) is 2. The summed E-state index contributed by atoms with van der Waals surface area (Å²) in [7, 11) is 0. The molecule has 2 aromatic carbocycles. The van der Waals surface area contributed by atoms with Gasteiger partial charge < -0.3 is 10.6 Å². The number of hydrogen-bond acceptors (Lipinski definition) is 5. The normalized spacial score (nSPS) is 9.85. The van der Waals surface area contributed by atoms with Gasteiger partial charge in [-0.1, -0.05) is 32.2 Å². The highest BCUT2D eigenvalue weighted by atomic mass is 19.1. The van der Waals surface area contributed by atoms with Crippen LogP contribution in [0.5, 0.6) is 0 Å². The molecule has 1 aromatic heterocycles. The summed E-state index contributed by atoms with van der Waals surface area (Å²) in [6.45, 7) is 5.30. The van der Waals surface area contributed by atoms with E-state index in [2.05, 4.69) is 27.2 Å². The largest absolute Gasteiger partial charge is 0.338 e. The minimum Gasteiger partial charge on any atom is -0.338 e. The summed E-state index contributed by atoms with van der Waals surface area (Å²) in [6, 6.07) is 16.0. The molecule has 0 fully saturated rings. The van der Waals surface area contributed by atoms with Gasteiger partial charge in [0.2, 0.25) is 5.95 Å². The zero-order valence-corrected chi connectivity index (χ0v) is 14.2. The molecule has 3 aromatic rings. The number of carbonyl (C=O) groups excluding carboxylic acids is 1. The summed E-state index contributed by atoms with van der Waals surface area (Å²) in [6.07, 6.45) is 1.10. The number of aromatic nitrogens is 2. The third-order valence-corrected chi connectivity index (χ3v) is 3.57. The van der Waals surface area contributed by atoms with Gasteiger partial charge in [0.25, 0.3) is 0 Å². The van der Waals surface area contributed by atoms with Gasteiger partial charge in [-0.15, -0.1) is 0 Å². The van der Waals surface area contributed by atoms with Crippen LogP contribution in [-0.2, 0) is 0 Å². The summed E-state index contributed by atoms with van der Waals surface area (Å²) < 4.78 is 14.0. The van der Waals surface area contributed by atoms with Gasteiger partial charge in [-0.2, -0.15) is 4.98 Å². The van der Waals surface area contributed by atoms with E-state index in [9.17, 15) is 9.18 Å². The molecule has 0 aliphatic rings. The summed E-state index contributed by atoms with van der Waals surface area (Å²) in [5.41, 5.74) is 2.39. The number of halogens is 1. The van der Waals surface area contributed by atoms with Crippen molar-refractivity contribution in [3.8, 4) is 0 Å². The Kier molecular flexibility index (Phi) is 6.38. The number of Topliss-reactive ketones (excluding diaryl/α,β-unsaturated/α-hetero) is 1. The Labute approximate surface area is 158 Å². The van der Waals surface area contributed by atoms with Crippen LogP contribution in [0.2, 0.25) is 0 Å². The van der Waals surface area contributed by atoms with E-state index in [1.807, 2.05) is 30.3 Å². The minimum absolute atomic E-state index is 0. The van der Waals surface area contributed by atoms with Gasteiger partial charge in [0.05, 0.1) is 6.20 Å². The SMILES string of the molecule is C.C=C(C)C(=O)c1ccc(Nc2nc(Nc3ccccc3)ncc2F)cc1. The molecule has 1 heterocycles. The zero-order chi connectivity index (χ0) is 18.5. The van der Waals surface area contributed by atoms with E-state index in [1.54, 1.807) is 31.2 Å². The predicted molar refractivity (Wildman–Crippen MR) is 107 cm³/mol. The zero-order valence-electron chi connectivity index (χ0n) is 14.2. The van der Waals surface area contributed by atoms with E-state index < -0.39 is 5.82 Å². The lowest BCUT2D eigenvalue weighted by Crippen LogP contribution is -2.04. The van der Waals surface area contributed by atoms with Crippen molar-refractivity contribution >= 4 is 28.9 Å². The molecule has 0 amide bonds. The molecule has 0 atom stereocenters. The highest BCUT2D eigenvalue weighted by Crippen LogP contribution is 2.21. The second-order valence-electron chi connectivity index (χ2n) is 5.69. The Morgan fingerprint density at radius 1 is 1.00 bits per heavy atom. The molecular formula is C21H21FN4O. The van der Waals surface area contributed by atoms with Crippen molar-refractivity contribution in [3.63, 3.8) is 0 Å². The summed E-state index contributed by atoms with van der Waals surface area (Å²) in [5.74, 6) is -0.392. The molecule has 0 spiro atoms. The van der Waals surface area contributed by atoms with Gasteiger partial charge in [0.15, 0.2) is 17.4 Å². The van der Waals surface area contributed by atoms with Crippen LogP contribution < -0.4 is 10.6 Å². The number of nitrogens with one attached hydrogen (secondary N) is 2. The fraction of sp³-hybridized carbons (Fsp3) is 0.0952. The Hall–Kier alpha value is -3.54. The first-order chi connectivity index (χ1) is 12.5. The van der Waals surface area contributed by atoms with Gasteiger partial charge in [-0.05, 0) is 48.9 Å². The van der Waals surface area contributed by atoms with Crippen molar-refractivity contribution in [2.24, 2.45) is 0 Å². The average molecular weight is 364 g/mol. The van der Waals surface area contributed by atoms with Crippen molar-refractivity contribution in [2.45, 2.75) is 14.4 Å². The number of carbonyl (C=O) groups is 1. The number of benzene rings is 2. The fourth-order valence-corrected chi connectivity index (χ4v) is 2.25. The first-order valence-electron chi connectivity index (χ1n) is 7.95. The van der Waals surface area contributed by atoms with E-state index in [4.69, 9.17) is 0 Å². The van der Waals surface area contributed by atoms with Crippen molar-refractivity contribution in [3.05, 3.63) is 84.3 Å². The fourth-order valence-electron chi connectivity index (χ4n) is 2.25. The Balaban J connectivity index is 0.00000261. The van der Waals surface area contributed by atoms with Crippen LogP contribution in [0.1, 0.15) is 24.7 Å². The highest BCUT2D eigenvalue weighted by Gasteiger charge is 2.09. The van der Waals surface area contributed by atoms with Crippen LogP contribution in [-0.4, -0.2) is 15.8 Å². The molecule has 0 radical (unpaired) electrons. The summed E-state index contributed by atoms with van der Waals surface area (Å²) >= 11 is 0. The van der Waals surface area contributed by atoms with Crippen LogP contribution in [0.4, 0.5) is 27.5 Å². The Morgan fingerprint density at radius 2 is 1.63 bits per heavy atom. The third-order valence-electron chi connectivity index (χ3n) is 3.57. The number of rotatable bonds is 6. The van der Waals surface area contributed by atoms with Gasteiger partial charge in [0.1, 0.15) is 0 Å². The minimum atomic E-state index is -0.578. The maximum Gasteiger partial charge on any atom is 0.229 e. The lowest BCUT2D eigenvalue weighted by Gasteiger charge is -2.10. The molecule has 0 aliphatic carbocycles. The maximum absolute atomic E-state index is 14.0. The van der Waals surface area contributed by atoms with Gasteiger partial charge in [0, 0.05) is 16.9 Å². The second kappa shape index (κ2) is 8.71. The van der Waals surface area contributed by atoms with Crippen molar-refractivity contribution < 1.29 is 9.18 Å². The van der Waals surface area contributed by atoms with Gasteiger partial charge in [-0.25, -0.2) is 9.37 Å². The maximum atomic E-state index is 14.0. The summed E-state index contributed by atoms with van der Waals surface area (Å²) in [4.78, 5) is 20.0. The smallest absolute Gasteiger partial charge is 0.229 e. The molecule has 3 rings (SSSR count). The van der Waals surface area contributed by atoms with Crippen molar-refractivity contribution in [1.29, 1.82) is 0 Å². The van der Waals surface area contributed by atoms with E-state index >= 15 is 0 Å². The molecule has 0 saturated carbocycles.